The van der Waals surface area contributed by atoms with Crippen molar-refractivity contribution in [1.82, 2.24) is 14.5 Å². The molecule has 0 spiro atoms. The Hall–Kier alpha value is -4.26. The fraction of sp³-hybridized carbons (Fsp3) is 0.241. The normalized spacial score (nSPS) is 15.9. The molecule has 2 aromatic heterocycles. The predicted octanol–water partition coefficient (Wildman–Crippen LogP) is 5.47. The second-order valence-electron chi connectivity index (χ2n) is 9.86. The third-order valence-corrected chi connectivity index (χ3v) is 7.31. The number of benzene rings is 2. The summed E-state index contributed by atoms with van der Waals surface area (Å²) in [5, 5.41) is 9.55. The number of hydrogen-bond acceptors (Lipinski definition) is 4. The first-order chi connectivity index (χ1) is 17.4. The number of aliphatic carboxylic acids is 1. The number of carboxylic acids is 1. The molecule has 1 aliphatic heterocycles. The van der Waals surface area contributed by atoms with Gasteiger partial charge in [-0.2, -0.15) is 0 Å². The SMILES string of the molecule is CC(C)n1ccnc1-c1cccc(N2Cc3ccc(-c4ccc(C5(C(=O)O)CC5)cc4)cc3C2=O)n1. The van der Waals surface area contributed by atoms with Crippen LogP contribution in [0.15, 0.2) is 73.1 Å². The molecule has 1 amide bonds. The van der Waals surface area contributed by atoms with E-state index in [9.17, 15) is 14.7 Å². The largest absolute Gasteiger partial charge is 0.481 e. The minimum absolute atomic E-state index is 0.0804. The van der Waals surface area contributed by atoms with E-state index in [4.69, 9.17) is 4.98 Å². The maximum Gasteiger partial charge on any atom is 0.314 e. The van der Waals surface area contributed by atoms with Gasteiger partial charge in [-0.3, -0.25) is 14.5 Å². The highest BCUT2D eigenvalue weighted by atomic mass is 16.4. The molecule has 0 radical (unpaired) electrons. The van der Waals surface area contributed by atoms with Crippen LogP contribution in [0.3, 0.4) is 0 Å². The Bertz CT molecular complexity index is 1500. The molecule has 7 nitrogen and oxygen atoms in total. The average molecular weight is 479 g/mol. The number of amides is 1. The number of pyridine rings is 1. The topological polar surface area (TPSA) is 88.3 Å². The van der Waals surface area contributed by atoms with Crippen LogP contribution in [-0.4, -0.2) is 31.5 Å². The lowest BCUT2D eigenvalue weighted by molar-refractivity contribution is -0.140. The van der Waals surface area contributed by atoms with Crippen LogP contribution >= 0.6 is 0 Å². The van der Waals surface area contributed by atoms with Crippen molar-refractivity contribution >= 4 is 17.7 Å². The average Bonchev–Trinajstić information content (AvgIpc) is 3.44. The van der Waals surface area contributed by atoms with Gasteiger partial charge in [-0.05, 0) is 67.1 Å². The molecule has 0 atom stereocenters. The molecule has 1 aliphatic carbocycles. The molecule has 1 N–H and O–H groups in total. The van der Waals surface area contributed by atoms with E-state index in [1.54, 1.807) is 11.1 Å². The highest BCUT2D eigenvalue weighted by Crippen LogP contribution is 2.48. The Balaban J connectivity index is 1.27. The number of nitrogens with zero attached hydrogens (tertiary/aromatic N) is 4. The van der Waals surface area contributed by atoms with Gasteiger partial charge in [0.25, 0.3) is 5.91 Å². The van der Waals surface area contributed by atoms with Crippen LogP contribution in [0.5, 0.6) is 0 Å². The van der Waals surface area contributed by atoms with Gasteiger partial charge in [0.2, 0.25) is 0 Å². The van der Waals surface area contributed by atoms with Crippen LogP contribution < -0.4 is 4.90 Å². The van der Waals surface area contributed by atoms with Gasteiger partial charge in [0.15, 0.2) is 5.82 Å². The molecule has 2 aromatic carbocycles. The second-order valence-corrected chi connectivity index (χ2v) is 9.86. The molecule has 1 fully saturated rings. The number of aromatic nitrogens is 3. The molecule has 0 unspecified atom stereocenters. The summed E-state index contributed by atoms with van der Waals surface area (Å²) in [5.41, 5.74) is 4.35. The lowest BCUT2D eigenvalue weighted by atomic mass is 9.93. The quantitative estimate of drug-likeness (QED) is 0.397. The van der Waals surface area contributed by atoms with Crippen LogP contribution in [0.2, 0.25) is 0 Å². The first-order valence-corrected chi connectivity index (χ1v) is 12.2. The smallest absolute Gasteiger partial charge is 0.314 e. The summed E-state index contributed by atoms with van der Waals surface area (Å²) in [7, 11) is 0. The molecule has 180 valence electrons. The predicted molar refractivity (Wildman–Crippen MR) is 137 cm³/mol. The number of fused-ring (bicyclic) bond motifs is 1. The molecule has 1 saturated carbocycles. The van der Waals surface area contributed by atoms with Crippen LogP contribution in [0.25, 0.3) is 22.6 Å². The number of hydrogen-bond donors (Lipinski definition) is 1. The van der Waals surface area contributed by atoms with E-state index >= 15 is 0 Å². The van der Waals surface area contributed by atoms with Crippen molar-refractivity contribution in [3.05, 3.63) is 89.7 Å². The number of anilines is 1. The number of carboxylic acid groups (broad SMARTS) is 1. The highest BCUT2D eigenvalue weighted by molar-refractivity contribution is 6.10. The fourth-order valence-corrected chi connectivity index (χ4v) is 5.02. The molecule has 2 aliphatic rings. The van der Waals surface area contributed by atoms with Crippen molar-refractivity contribution in [2.24, 2.45) is 0 Å². The molecular weight excluding hydrogens is 452 g/mol. The lowest BCUT2D eigenvalue weighted by Crippen LogP contribution is -2.24. The van der Waals surface area contributed by atoms with Gasteiger partial charge in [-0.25, -0.2) is 9.97 Å². The Morgan fingerprint density at radius 3 is 2.47 bits per heavy atom. The summed E-state index contributed by atoms with van der Waals surface area (Å²) in [4.78, 5) is 36.0. The Morgan fingerprint density at radius 1 is 1.03 bits per heavy atom. The van der Waals surface area contributed by atoms with Crippen molar-refractivity contribution in [2.45, 2.75) is 44.7 Å². The van der Waals surface area contributed by atoms with E-state index in [-0.39, 0.29) is 11.9 Å². The van der Waals surface area contributed by atoms with Gasteiger partial charge >= 0.3 is 5.97 Å². The van der Waals surface area contributed by atoms with E-state index in [1.807, 2.05) is 66.9 Å². The molecule has 0 saturated heterocycles. The standard InChI is InChI=1S/C29H26N4O3/c1-18(2)32-15-14-30-26(32)24-4-3-5-25(31-24)33-17-21-7-6-20(16-23(21)27(33)34)19-8-10-22(11-9-19)29(12-13-29)28(35)36/h3-11,14-16,18H,12-13,17H2,1-2H3,(H,35,36). The molecular formula is C29H26N4O3. The van der Waals surface area contributed by atoms with Gasteiger partial charge in [0.05, 0.1) is 12.0 Å². The lowest BCUT2D eigenvalue weighted by Gasteiger charge is -2.16. The van der Waals surface area contributed by atoms with Crippen LogP contribution in [0.4, 0.5) is 5.82 Å². The minimum Gasteiger partial charge on any atom is -0.481 e. The maximum absolute atomic E-state index is 13.4. The van der Waals surface area contributed by atoms with E-state index in [0.29, 0.717) is 30.8 Å². The number of imidazole rings is 1. The maximum atomic E-state index is 13.4. The summed E-state index contributed by atoms with van der Waals surface area (Å²) in [6, 6.07) is 19.5. The van der Waals surface area contributed by atoms with Crippen LogP contribution in [-0.2, 0) is 16.8 Å². The van der Waals surface area contributed by atoms with E-state index < -0.39 is 11.4 Å². The summed E-state index contributed by atoms with van der Waals surface area (Å²) in [5.74, 6) is 0.534. The highest BCUT2D eigenvalue weighted by Gasteiger charge is 2.51. The third-order valence-electron chi connectivity index (χ3n) is 7.31. The first-order valence-electron chi connectivity index (χ1n) is 12.2. The molecule has 6 rings (SSSR count). The molecule has 7 heteroatoms. The second kappa shape index (κ2) is 8.16. The van der Waals surface area contributed by atoms with Crippen LogP contribution in [0.1, 0.15) is 54.2 Å². The number of carbonyl (C=O) groups is 2. The van der Waals surface area contributed by atoms with E-state index in [2.05, 4.69) is 23.4 Å². The van der Waals surface area contributed by atoms with Crippen molar-refractivity contribution in [3.63, 3.8) is 0 Å². The summed E-state index contributed by atoms with van der Waals surface area (Å²) in [6.07, 6.45) is 5.06. The van der Waals surface area contributed by atoms with Crippen molar-refractivity contribution < 1.29 is 14.7 Å². The minimum atomic E-state index is -0.760. The Kier molecular flexibility index (Phi) is 5.03. The van der Waals surface area contributed by atoms with Gasteiger partial charge in [-0.15, -0.1) is 0 Å². The molecule has 0 bridgehead atoms. The summed E-state index contributed by atoms with van der Waals surface area (Å²) < 4.78 is 2.06. The zero-order valence-electron chi connectivity index (χ0n) is 20.2. The van der Waals surface area contributed by atoms with Gasteiger partial charge in [0.1, 0.15) is 11.5 Å². The van der Waals surface area contributed by atoms with Crippen molar-refractivity contribution in [3.8, 4) is 22.6 Å². The molecule has 36 heavy (non-hydrogen) atoms. The Morgan fingerprint density at radius 2 is 1.78 bits per heavy atom. The van der Waals surface area contributed by atoms with Gasteiger partial charge in [-0.1, -0.05) is 42.5 Å². The third kappa shape index (κ3) is 3.50. The first kappa shape index (κ1) is 22.2. The fourth-order valence-electron chi connectivity index (χ4n) is 5.02. The summed E-state index contributed by atoms with van der Waals surface area (Å²) >= 11 is 0. The zero-order chi connectivity index (χ0) is 25.0. The number of carbonyl (C=O) groups excluding carboxylic acids is 1. The number of rotatable bonds is 6. The van der Waals surface area contributed by atoms with E-state index in [0.717, 1.165) is 33.8 Å². The van der Waals surface area contributed by atoms with Crippen molar-refractivity contribution in [2.75, 3.05) is 4.90 Å². The van der Waals surface area contributed by atoms with Gasteiger partial charge < -0.3 is 9.67 Å². The van der Waals surface area contributed by atoms with E-state index in [1.165, 1.54) is 0 Å². The van der Waals surface area contributed by atoms with Gasteiger partial charge in [0, 0.05) is 24.0 Å². The molecule has 4 aromatic rings. The summed E-state index contributed by atoms with van der Waals surface area (Å²) in [6.45, 7) is 4.65. The zero-order valence-corrected chi connectivity index (χ0v) is 20.2. The van der Waals surface area contributed by atoms with Crippen molar-refractivity contribution in [1.29, 1.82) is 0 Å². The monoisotopic (exact) mass is 478 g/mol. The van der Waals surface area contributed by atoms with Crippen LogP contribution in [0, 0.1) is 0 Å². The Labute approximate surface area is 209 Å². The molecule has 3 heterocycles.